The van der Waals surface area contributed by atoms with Gasteiger partial charge in [-0.2, -0.15) is 23.5 Å². The van der Waals surface area contributed by atoms with Crippen LogP contribution in [0.5, 0.6) is 0 Å². The second-order valence-corrected chi connectivity index (χ2v) is 10.3. The lowest BCUT2D eigenvalue weighted by atomic mass is 10.0. The third-order valence-electron chi connectivity index (χ3n) is 5.11. The van der Waals surface area contributed by atoms with E-state index >= 15 is 0 Å². The molecule has 0 aliphatic carbocycles. The van der Waals surface area contributed by atoms with Gasteiger partial charge in [-0.3, -0.25) is 24.2 Å². The molecule has 4 amide bonds. The van der Waals surface area contributed by atoms with Gasteiger partial charge in [-0.1, -0.05) is 13.8 Å². The maximum absolute atomic E-state index is 13.1. The number of aliphatic imine (C=N–C) groups is 1. The summed E-state index contributed by atoms with van der Waals surface area (Å²) in [7, 11) is 0. The van der Waals surface area contributed by atoms with Gasteiger partial charge in [0.15, 0.2) is 5.96 Å². The number of carbonyl (C=O) groups is 4. The standard InChI is InChI=1S/C21H42N8O4S2/c1-12(2)16(22)20(33)29-15(8-11-35-4)19(32)28-14(6-5-9-26-21(24)25)18(31)27-13(17(23)30)7-10-34-3/h12-16H,5-11,22H2,1-4H3,(H2,23,30)(H,27,31)(H,28,32)(H,29,33)(H4,24,25,26)/t13-,14-,15-,16-/m0/s1. The van der Waals surface area contributed by atoms with Gasteiger partial charge in [-0.05, 0) is 55.6 Å². The Bertz CT molecular complexity index is 719. The molecule has 0 radical (unpaired) electrons. The Morgan fingerprint density at radius 3 is 1.69 bits per heavy atom. The van der Waals surface area contributed by atoms with E-state index in [4.69, 9.17) is 22.9 Å². The zero-order valence-corrected chi connectivity index (χ0v) is 22.7. The number of nitrogens with one attached hydrogen (secondary N) is 3. The van der Waals surface area contributed by atoms with Crippen molar-refractivity contribution in [2.45, 2.75) is 63.7 Å². The molecule has 11 N–H and O–H groups in total. The average molecular weight is 535 g/mol. The molecule has 0 aliphatic heterocycles. The first-order valence-corrected chi connectivity index (χ1v) is 14.2. The molecule has 0 saturated heterocycles. The van der Waals surface area contributed by atoms with Gasteiger partial charge in [-0.25, -0.2) is 0 Å². The van der Waals surface area contributed by atoms with Crippen LogP contribution in [0.2, 0.25) is 0 Å². The highest BCUT2D eigenvalue weighted by Gasteiger charge is 2.30. The molecule has 0 rings (SSSR count). The van der Waals surface area contributed by atoms with Gasteiger partial charge in [0.2, 0.25) is 23.6 Å². The van der Waals surface area contributed by atoms with Crippen LogP contribution in [-0.4, -0.2) is 84.3 Å². The molecule has 0 aromatic rings. The van der Waals surface area contributed by atoms with E-state index in [0.717, 1.165) is 0 Å². The summed E-state index contributed by atoms with van der Waals surface area (Å²) in [6.45, 7) is 3.87. The number of hydrogen-bond acceptors (Lipinski definition) is 8. The predicted octanol–water partition coefficient (Wildman–Crippen LogP) is -1.53. The number of rotatable bonds is 18. The highest BCUT2D eigenvalue weighted by molar-refractivity contribution is 7.98. The van der Waals surface area contributed by atoms with Crippen molar-refractivity contribution in [3.8, 4) is 0 Å². The second kappa shape index (κ2) is 18.1. The Balaban J connectivity index is 5.56. The number of thioether (sulfide) groups is 2. The van der Waals surface area contributed by atoms with Gasteiger partial charge in [-0.15, -0.1) is 0 Å². The summed E-state index contributed by atoms with van der Waals surface area (Å²) >= 11 is 3.03. The molecule has 0 saturated carbocycles. The fourth-order valence-corrected chi connectivity index (χ4v) is 3.86. The van der Waals surface area contributed by atoms with E-state index in [9.17, 15) is 19.2 Å². The van der Waals surface area contributed by atoms with Crippen molar-refractivity contribution in [1.82, 2.24) is 16.0 Å². The molecule has 0 heterocycles. The van der Waals surface area contributed by atoms with Gasteiger partial charge in [0.25, 0.3) is 0 Å². The molecule has 4 atom stereocenters. The van der Waals surface area contributed by atoms with E-state index in [2.05, 4.69) is 20.9 Å². The summed E-state index contributed by atoms with van der Waals surface area (Å²) in [6, 6.07) is -3.51. The normalized spacial score (nSPS) is 14.3. The molecule has 14 heteroatoms. The summed E-state index contributed by atoms with van der Waals surface area (Å²) < 4.78 is 0. The highest BCUT2D eigenvalue weighted by Crippen LogP contribution is 2.07. The lowest BCUT2D eigenvalue weighted by molar-refractivity contribution is -0.133. The van der Waals surface area contributed by atoms with Gasteiger partial charge >= 0.3 is 0 Å². The minimum atomic E-state index is -0.986. The van der Waals surface area contributed by atoms with Gasteiger partial charge < -0.3 is 38.9 Å². The van der Waals surface area contributed by atoms with Crippen molar-refractivity contribution in [3.63, 3.8) is 0 Å². The molecule has 0 spiro atoms. The fourth-order valence-electron chi connectivity index (χ4n) is 2.91. The van der Waals surface area contributed by atoms with E-state index < -0.39 is 47.8 Å². The fraction of sp³-hybridized carbons (Fsp3) is 0.762. The number of nitrogens with zero attached hydrogens (tertiary/aromatic N) is 1. The lowest BCUT2D eigenvalue weighted by Gasteiger charge is -2.26. The molecular formula is C21H42N8O4S2. The quantitative estimate of drug-likeness (QED) is 0.0614. The SMILES string of the molecule is CSCC[C@H](NC(=O)[C@H](CCCN=C(N)N)NC(=O)[C@H](CCSC)NC(=O)[C@@H](N)C(C)C)C(N)=O. The summed E-state index contributed by atoms with van der Waals surface area (Å²) in [4.78, 5) is 54.3. The van der Waals surface area contributed by atoms with Crippen LogP contribution in [0.3, 0.4) is 0 Å². The zero-order chi connectivity index (χ0) is 27.0. The minimum Gasteiger partial charge on any atom is -0.370 e. The highest BCUT2D eigenvalue weighted by atomic mass is 32.2. The average Bonchev–Trinajstić information content (AvgIpc) is 2.79. The topological polar surface area (TPSA) is 221 Å². The van der Waals surface area contributed by atoms with Crippen LogP contribution in [0.15, 0.2) is 4.99 Å². The van der Waals surface area contributed by atoms with E-state index in [-0.39, 0.29) is 24.8 Å². The van der Waals surface area contributed by atoms with Crippen LogP contribution >= 0.6 is 23.5 Å². The van der Waals surface area contributed by atoms with Crippen LogP contribution in [0.25, 0.3) is 0 Å². The van der Waals surface area contributed by atoms with Crippen molar-refractivity contribution in [2.75, 3.05) is 30.6 Å². The number of amides is 4. The second-order valence-electron chi connectivity index (χ2n) is 8.37. The Morgan fingerprint density at radius 2 is 1.23 bits per heavy atom. The van der Waals surface area contributed by atoms with Crippen LogP contribution in [-0.2, 0) is 19.2 Å². The minimum absolute atomic E-state index is 0.0813. The Kier molecular flexibility index (Phi) is 17.0. The first kappa shape index (κ1) is 32.8. The third-order valence-corrected chi connectivity index (χ3v) is 6.40. The van der Waals surface area contributed by atoms with E-state index in [1.807, 2.05) is 26.4 Å². The van der Waals surface area contributed by atoms with E-state index in [0.29, 0.717) is 30.8 Å². The largest absolute Gasteiger partial charge is 0.370 e. The van der Waals surface area contributed by atoms with Crippen LogP contribution < -0.4 is 38.9 Å². The monoisotopic (exact) mass is 534 g/mol. The molecule has 35 heavy (non-hydrogen) atoms. The van der Waals surface area contributed by atoms with Crippen molar-refractivity contribution in [3.05, 3.63) is 0 Å². The van der Waals surface area contributed by atoms with Crippen LogP contribution in [0.4, 0.5) is 0 Å². The molecule has 0 unspecified atom stereocenters. The third kappa shape index (κ3) is 14.1. The Hall–Kier alpha value is -2.19. The number of carbonyl (C=O) groups excluding carboxylic acids is 4. The van der Waals surface area contributed by atoms with Gasteiger partial charge in [0.1, 0.15) is 18.1 Å². The molecule has 0 aromatic heterocycles. The molecular weight excluding hydrogens is 492 g/mol. The van der Waals surface area contributed by atoms with Crippen molar-refractivity contribution in [2.24, 2.45) is 33.8 Å². The van der Waals surface area contributed by atoms with E-state index in [1.54, 1.807) is 0 Å². The zero-order valence-electron chi connectivity index (χ0n) is 21.0. The maximum Gasteiger partial charge on any atom is 0.243 e. The first-order chi connectivity index (χ1) is 16.4. The Labute approximate surface area is 216 Å². The molecule has 0 aromatic carbocycles. The summed E-state index contributed by atoms with van der Waals surface area (Å²) in [5.74, 6) is -1.15. The van der Waals surface area contributed by atoms with Crippen molar-refractivity contribution >= 4 is 53.1 Å². The number of nitrogens with two attached hydrogens (primary N) is 4. The van der Waals surface area contributed by atoms with Crippen molar-refractivity contribution < 1.29 is 19.2 Å². The molecule has 202 valence electrons. The van der Waals surface area contributed by atoms with Gasteiger partial charge in [0, 0.05) is 6.54 Å². The molecule has 0 bridgehead atoms. The summed E-state index contributed by atoms with van der Waals surface area (Å²) in [6.07, 6.45) is 5.06. The smallest absolute Gasteiger partial charge is 0.243 e. The number of primary amides is 1. The first-order valence-electron chi connectivity index (χ1n) is 11.4. The summed E-state index contributed by atoms with van der Waals surface area (Å²) in [5, 5.41) is 8.02. The summed E-state index contributed by atoms with van der Waals surface area (Å²) in [5.41, 5.74) is 22.1. The number of hydrogen-bond donors (Lipinski definition) is 7. The van der Waals surface area contributed by atoms with Gasteiger partial charge in [0.05, 0.1) is 6.04 Å². The van der Waals surface area contributed by atoms with E-state index in [1.165, 1.54) is 23.5 Å². The Morgan fingerprint density at radius 1 is 0.771 bits per heavy atom. The van der Waals surface area contributed by atoms with Crippen LogP contribution in [0, 0.1) is 5.92 Å². The lowest BCUT2D eigenvalue weighted by Crippen LogP contribution is -2.58. The predicted molar refractivity (Wildman–Crippen MR) is 144 cm³/mol. The molecule has 0 aliphatic rings. The van der Waals surface area contributed by atoms with Crippen molar-refractivity contribution in [1.29, 1.82) is 0 Å². The van der Waals surface area contributed by atoms with Crippen LogP contribution in [0.1, 0.15) is 39.5 Å². The maximum atomic E-state index is 13.1. The number of guanidine groups is 1. The molecule has 0 fully saturated rings. The molecule has 12 nitrogen and oxygen atoms in total.